The van der Waals surface area contributed by atoms with Crippen molar-refractivity contribution in [1.29, 1.82) is 0 Å². The van der Waals surface area contributed by atoms with E-state index in [-0.39, 0.29) is 11.9 Å². The van der Waals surface area contributed by atoms with Crippen molar-refractivity contribution in [3.8, 4) is 0 Å². The molecule has 1 atom stereocenters. The Balaban J connectivity index is 1.35. The topological polar surface area (TPSA) is 47.6 Å². The molecule has 0 aromatic heterocycles. The number of hydrogen-bond acceptors (Lipinski definition) is 3. The zero-order valence-electron chi connectivity index (χ0n) is 19.4. The number of thiocarbonyl (C=S) groups is 1. The first kappa shape index (κ1) is 22.6. The maximum absolute atomic E-state index is 12.2. The second-order valence-electron chi connectivity index (χ2n) is 9.23. The summed E-state index contributed by atoms with van der Waals surface area (Å²) in [6, 6.07) is 15.0. The van der Waals surface area contributed by atoms with E-state index in [1.165, 1.54) is 24.1 Å². The number of anilines is 3. The van der Waals surface area contributed by atoms with Crippen molar-refractivity contribution >= 4 is 40.3 Å². The highest BCUT2D eigenvalue weighted by atomic mass is 32.1. The molecular formula is C26H34N4OS. The molecule has 2 aliphatic heterocycles. The summed E-state index contributed by atoms with van der Waals surface area (Å²) in [5.41, 5.74) is 5.47. The van der Waals surface area contributed by atoms with Crippen molar-refractivity contribution in [2.45, 2.75) is 52.5 Å². The molecule has 2 heterocycles. The zero-order valence-corrected chi connectivity index (χ0v) is 20.2. The van der Waals surface area contributed by atoms with Gasteiger partial charge in [-0.2, -0.15) is 0 Å². The Morgan fingerprint density at radius 1 is 1.09 bits per heavy atom. The van der Waals surface area contributed by atoms with Crippen LogP contribution in [0.25, 0.3) is 0 Å². The van der Waals surface area contributed by atoms with Gasteiger partial charge in [0.25, 0.3) is 0 Å². The lowest BCUT2D eigenvalue weighted by atomic mass is 9.98. The van der Waals surface area contributed by atoms with Crippen LogP contribution in [0.4, 0.5) is 17.1 Å². The predicted molar refractivity (Wildman–Crippen MR) is 138 cm³/mol. The third kappa shape index (κ3) is 5.23. The average molecular weight is 451 g/mol. The molecule has 0 bridgehead atoms. The summed E-state index contributed by atoms with van der Waals surface area (Å²) in [6.07, 6.45) is 4.09. The minimum Gasteiger partial charge on any atom is -0.372 e. The van der Waals surface area contributed by atoms with E-state index >= 15 is 0 Å². The summed E-state index contributed by atoms with van der Waals surface area (Å²) in [5, 5.41) is 7.26. The summed E-state index contributed by atoms with van der Waals surface area (Å²) in [6.45, 7) is 9.57. The Labute approximate surface area is 197 Å². The molecule has 0 saturated carbocycles. The molecule has 2 aromatic rings. The summed E-state index contributed by atoms with van der Waals surface area (Å²) in [5.74, 6) is 1.03. The van der Waals surface area contributed by atoms with Gasteiger partial charge in [0.05, 0.1) is 6.04 Å². The molecule has 2 aromatic carbocycles. The van der Waals surface area contributed by atoms with Crippen molar-refractivity contribution in [3.63, 3.8) is 0 Å². The molecule has 2 N–H and O–H groups in total. The van der Waals surface area contributed by atoms with Gasteiger partial charge in [0.15, 0.2) is 5.11 Å². The van der Waals surface area contributed by atoms with Gasteiger partial charge in [0, 0.05) is 43.1 Å². The highest BCUT2D eigenvalue weighted by molar-refractivity contribution is 7.80. The number of carbonyl (C=O) groups excluding carboxylic acids is 1. The average Bonchev–Trinajstić information content (AvgIpc) is 3.21. The molecule has 32 heavy (non-hydrogen) atoms. The first-order chi connectivity index (χ1) is 15.4. The van der Waals surface area contributed by atoms with Gasteiger partial charge in [0.1, 0.15) is 0 Å². The van der Waals surface area contributed by atoms with E-state index in [0.29, 0.717) is 11.5 Å². The van der Waals surface area contributed by atoms with Crippen molar-refractivity contribution < 1.29 is 4.79 Å². The Bertz CT molecular complexity index is 966. The van der Waals surface area contributed by atoms with Crippen LogP contribution < -0.4 is 20.4 Å². The van der Waals surface area contributed by atoms with Gasteiger partial charge in [-0.1, -0.05) is 25.1 Å². The number of aryl methyl sites for hydroxylation is 1. The van der Waals surface area contributed by atoms with Gasteiger partial charge in [-0.25, -0.2) is 0 Å². The van der Waals surface area contributed by atoms with E-state index in [0.717, 1.165) is 48.9 Å². The molecule has 0 aliphatic carbocycles. The number of piperidine rings is 1. The van der Waals surface area contributed by atoms with Crippen LogP contribution in [0.15, 0.2) is 42.5 Å². The van der Waals surface area contributed by atoms with Crippen molar-refractivity contribution in [1.82, 2.24) is 5.32 Å². The number of benzene rings is 2. The minimum absolute atomic E-state index is 0.0931. The van der Waals surface area contributed by atoms with Gasteiger partial charge < -0.3 is 20.4 Å². The SMILES string of the molecule is Cc1ccc(NC(=S)NC(C)c2ccc(N3CCC(C)CC3)cc2)cc1N1CCCC1=O. The molecule has 4 rings (SSSR count). The maximum atomic E-state index is 12.2. The molecule has 2 saturated heterocycles. The first-order valence-corrected chi connectivity index (χ1v) is 12.1. The van der Waals surface area contributed by atoms with Crippen LogP contribution in [0.1, 0.15) is 56.7 Å². The standard InChI is InChI=1S/C26H34N4OS/c1-18-12-15-29(16-13-18)23-10-7-21(8-11-23)20(3)27-26(32)28-22-9-6-19(2)24(17-22)30-14-4-5-25(30)31/h6-11,17-18,20H,4-5,12-16H2,1-3H3,(H2,27,28,32). The fourth-order valence-corrected chi connectivity index (χ4v) is 4.86. The zero-order chi connectivity index (χ0) is 22.7. The largest absolute Gasteiger partial charge is 0.372 e. The lowest BCUT2D eigenvalue weighted by Crippen LogP contribution is -2.33. The summed E-state index contributed by atoms with van der Waals surface area (Å²) in [4.78, 5) is 16.5. The number of nitrogens with zero attached hydrogens (tertiary/aromatic N) is 2. The third-order valence-corrected chi connectivity index (χ3v) is 6.94. The second kappa shape index (κ2) is 9.90. The van der Waals surface area contributed by atoms with Crippen LogP contribution in [0, 0.1) is 12.8 Å². The van der Waals surface area contributed by atoms with E-state index in [1.807, 2.05) is 30.0 Å². The third-order valence-electron chi connectivity index (χ3n) is 6.72. The normalized spacial score (nSPS) is 18.0. The van der Waals surface area contributed by atoms with Crippen LogP contribution in [0.3, 0.4) is 0 Å². The molecule has 1 unspecified atom stereocenters. The number of hydrogen-bond donors (Lipinski definition) is 2. The van der Waals surface area contributed by atoms with Crippen molar-refractivity contribution in [2.75, 3.05) is 34.8 Å². The van der Waals surface area contributed by atoms with Crippen molar-refractivity contribution in [3.05, 3.63) is 53.6 Å². The molecule has 2 aliphatic rings. The number of amides is 1. The molecule has 0 spiro atoms. The van der Waals surface area contributed by atoms with E-state index in [4.69, 9.17) is 12.2 Å². The lowest BCUT2D eigenvalue weighted by molar-refractivity contribution is -0.117. The van der Waals surface area contributed by atoms with Crippen LogP contribution in [0.5, 0.6) is 0 Å². The van der Waals surface area contributed by atoms with E-state index in [2.05, 4.69) is 53.6 Å². The van der Waals surface area contributed by atoms with Gasteiger partial charge in [0.2, 0.25) is 5.91 Å². The number of nitrogens with one attached hydrogen (secondary N) is 2. The molecule has 1 amide bonds. The minimum atomic E-state index is 0.0931. The van der Waals surface area contributed by atoms with Crippen molar-refractivity contribution in [2.24, 2.45) is 5.92 Å². The van der Waals surface area contributed by atoms with Gasteiger partial charge in [-0.15, -0.1) is 0 Å². The van der Waals surface area contributed by atoms with Gasteiger partial charge in [-0.05, 0) is 86.6 Å². The number of rotatable bonds is 5. The van der Waals surface area contributed by atoms with Crippen LogP contribution in [-0.2, 0) is 4.79 Å². The van der Waals surface area contributed by atoms with E-state index < -0.39 is 0 Å². The quantitative estimate of drug-likeness (QED) is 0.597. The maximum Gasteiger partial charge on any atom is 0.227 e. The fraction of sp³-hybridized carbons (Fsp3) is 0.462. The van der Waals surface area contributed by atoms with Gasteiger partial charge in [-0.3, -0.25) is 4.79 Å². The molecule has 170 valence electrons. The van der Waals surface area contributed by atoms with E-state index in [9.17, 15) is 4.79 Å². The Hall–Kier alpha value is -2.60. The first-order valence-electron chi connectivity index (χ1n) is 11.7. The predicted octanol–water partition coefficient (Wildman–Crippen LogP) is 5.41. The Morgan fingerprint density at radius 3 is 2.47 bits per heavy atom. The molecule has 6 heteroatoms. The smallest absolute Gasteiger partial charge is 0.227 e. The molecule has 2 fully saturated rings. The highest BCUT2D eigenvalue weighted by Gasteiger charge is 2.23. The van der Waals surface area contributed by atoms with Crippen LogP contribution in [0.2, 0.25) is 0 Å². The van der Waals surface area contributed by atoms with Gasteiger partial charge >= 0.3 is 0 Å². The second-order valence-corrected chi connectivity index (χ2v) is 9.64. The Kier molecular flexibility index (Phi) is 6.99. The summed E-state index contributed by atoms with van der Waals surface area (Å²) >= 11 is 5.57. The highest BCUT2D eigenvalue weighted by Crippen LogP contribution is 2.28. The van der Waals surface area contributed by atoms with Crippen LogP contribution in [-0.4, -0.2) is 30.7 Å². The summed E-state index contributed by atoms with van der Waals surface area (Å²) < 4.78 is 0. The lowest BCUT2D eigenvalue weighted by Gasteiger charge is -2.32. The fourth-order valence-electron chi connectivity index (χ4n) is 4.57. The number of carbonyl (C=O) groups is 1. The van der Waals surface area contributed by atoms with Crippen LogP contribution >= 0.6 is 12.2 Å². The molecular weight excluding hydrogens is 416 g/mol. The molecule has 0 radical (unpaired) electrons. The Morgan fingerprint density at radius 2 is 1.81 bits per heavy atom. The monoisotopic (exact) mass is 450 g/mol. The molecule has 5 nitrogen and oxygen atoms in total. The summed E-state index contributed by atoms with van der Waals surface area (Å²) in [7, 11) is 0. The van der Waals surface area contributed by atoms with E-state index in [1.54, 1.807) is 0 Å².